The summed E-state index contributed by atoms with van der Waals surface area (Å²) in [6.45, 7) is 3.55. The third kappa shape index (κ3) is 2.22. The molecule has 1 atom stereocenters. The van der Waals surface area contributed by atoms with Crippen molar-refractivity contribution in [3.63, 3.8) is 0 Å². The highest BCUT2D eigenvalue weighted by Crippen LogP contribution is 2.43. The molecule has 1 aromatic rings. The molecule has 98 valence electrons. The van der Waals surface area contributed by atoms with Crippen LogP contribution in [-0.2, 0) is 6.54 Å². The van der Waals surface area contributed by atoms with Crippen molar-refractivity contribution in [1.82, 2.24) is 15.2 Å². The Morgan fingerprint density at radius 2 is 2.11 bits per heavy atom. The van der Waals surface area contributed by atoms with Gasteiger partial charge in [-0.1, -0.05) is 0 Å². The van der Waals surface area contributed by atoms with Crippen molar-refractivity contribution in [3.05, 3.63) is 16.1 Å². The highest BCUT2D eigenvalue weighted by atomic mass is 32.1. The number of aromatic nitrogens is 1. The normalized spacial score (nSPS) is 28.2. The van der Waals surface area contributed by atoms with Gasteiger partial charge in [0, 0.05) is 36.0 Å². The van der Waals surface area contributed by atoms with Crippen LogP contribution in [0.25, 0.3) is 0 Å². The number of rotatable bonds is 5. The van der Waals surface area contributed by atoms with Gasteiger partial charge in [0.05, 0.1) is 11.2 Å². The molecule has 4 heteroatoms. The molecule has 1 saturated heterocycles. The number of nitrogens with one attached hydrogen (secondary N) is 1. The van der Waals surface area contributed by atoms with Crippen LogP contribution in [0.1, 0.15) is 48.6 Å². The average molecular weight is 263 g/mol. The van der Waals surface area contributed by atoms with Crippen LogP contribution in [0, 0.1) is 0 Å². The van der Waals surface area contributed by atoms with E-state index < -0.39 is 0 Å². The zero-order valence-corrected chi connectivity index (χ0v) is 11.6. The lowest BCUT2D eigenvalue weighted by Crippen LogP contribution is -2.38. The van der Waals surface area contributed by atoms with E-state index in [1.165, 1.54) is 50.9 Å². The maximum atomic E-state index is 4.61. The maximum Gasteiger partial charge on any atom is 0.0798 e. The highest BCUT2D eigenvalue weighted by Gasteiger charge is 2.37. The number of thiazole rings is 1. The summed E-state index contributed by atoms with van der Waals surface area (Å²) in [5.74, 6) is 0.800. The monoisotopic (exact) mass is 263 g/mol. The number of nitrogens with zero attached hydrogens (tertiary/aromatic N) is 2. The van der Waals surface area contributed by atoms with E-state index in [0.29, 0.717) is 0 Å². The molecule has 2 aliphatic carbocycles. The van der Waals surface area contributed by atoms with Crippen molar-refractivity contribution in [3.8, 4) is 0 Å². The molecule has 4 rings (SSSR count). The van der Waals surface area contributed by atoms with Gasteiger partial charge in [-0.15, -0.1) is 11.3 Å². The molecule has 0 aromatic carbocycles. The molecule has 2 saturated carbocycles. The molecule has 3 aliphatic rings. The predicted molar refractivity (Wildman–Crippen MR) is 73.9 cm³/mol. The second-order valence-electron chi connectivity index (χ2n) is 5.99. The molecule has 0 bridgehead atoms. The van der Waals surface area contributed by atoms with Gasteiger partial charge < -0.3 is 5.32 Å². The zero-order chi connectivity index (χ0) is 11.9. The van der Waals surface area contributed by atoms with E-state index in [4.69, 9.17) is 0 Å². The van der Waals surface area contributed by atoms with Gasteiger partial charge >= 0.3 is 0 Å². The van der Waals surface area contributed by atoms with E-state index in [1.54, 1.807) is 4.88 Å². The van der Waals surface area contributed by atoms with E-state index in [0.717, 1.165) is 24.5 Å². The fourth-order valence-corrected chi connectivity index (χ4v) is 4.00. The molecule has 0 amide bonds. The van der Waals surface area contributed by atoms with Crippen molar-refractivity contribution < 1.29 is 0 Å². The molecule has 18 heavy (non-hydrogen) atoms. The summed E-state index contributed by atoms with van der Waals surface area (Å²) in [6, 6.07) is 1.63. The zero-order valence-electron chi connectivity index (χ0n) is 10.8. The molecule has 3 nitrogen and oxygen atoms in total. The fraction of sp³-hybridized carbons (Fsp3) is 0.786. The SMILES string of the molecule is c1nc(C2CC2)c(CN(C2CC2)C2CCNC2)s1. The Hall–Kier alpha value is -0.450. The first kappa shape index (κ1) is 11.4. The van der Waals surface area contributed by atoms with Crippen LogP contribution in [0.15, 0.2) is 5.51 Å². The standard InChI is InChI=1S/C14H21N3S/c1-2-10(1)14-13(18-9-16-14)8-17(11-3-4-11)12-5-6-15-7-12/h9-12,15H,1-8H2. The Morgan fingerprint density at radius 1 is 1.22 bits per heavy atom. The Labute approximate surface area is 113 Å². The third-order valence-electron chi connectivity index (χ3n) is 4.48. The summed E-state index contributed by atoms with van der Waals surface area (Å²) in [5.41, 5.74) is 3.48. The van der Waals surface area contributed by atoms with E-state index in [1.807, 2.05) is 11.3 Å². The second-order valence-corrected chi connectivity index (χ2v) is 6.92. The van der Waals surface area contributed by atoms with Crippen LogP contribution >= 0.6 is 11.3 Å². The van der Waals surface area contributed by atoms with Gasteiger partial charge in [-0.2, -0.15) is 0 Å². The maximum absolute atomic E-state index is 4.61. The fourth-order valence-electron chi connectivity index (χ4n) is 3.14. The minimum Gasteiger partial charge on any atom is -0.315 e. The molecule has 1 aliphatic heterocycles. The Morgan fingerprint density at radius 3 is 2.78 bits per heavy atom. The van der Waals surface area contributed by atoms with Gasteiger partial charge in [0.1, 0.15) is 0 Å². The van der Waals surface area contributed by atoms with E-state index in [2.05, 4.69) is 20.7 Å². The van der Waals surface area contributed by atoms with Crippen LogP contribution in [0.2, 0.25) is 0 Å². The van der Waals surface area contributed by atoms with E-state index in [-0.39, 0.29) is 0 Å². The molecular weight excluding hydrogens is 242 g/mol. The Bertz CT molecular complexity index is 416. The highest BCUT2D eigenvalue weighted by molar-refractivity contribution is 7.09. The molecule has 0 radical (unpaired) electrons. The first-order valence-electron chi connectivity index (χ1n) is 7.30. The van der Waals surface area contributed by atoms with Crippen LogP contribution in [-0.4, -0.2) is 35.1 Å². The van der Waals surface area contributed by atoms with Crippen molar-refractivity contribution in [2.45, 2.75) is 56.7 Å². The first-order valence-corrected chi connectivity index (χ1v) is 8.18. The van der Waals surface area contributed by atoms with Gasteiger partial charge in [0.2, 0.25) is 0 Å². The molecule has 1 N–H and O–H groups in total. The summed E-state index contributed by atoms with van der Waals surface area (Å²) < 4.78 is 0. The lowest BCUT2D eigenvalue weighted by atomic mass is 10.2. The lowest BCUT2D eigenvalue weighted by molar-refractivity contribution is 0.190. The molecule has 0 spiro atoms. The van der Waals surface area contributed by atoms with Crippen molar-refractivity contribution >= 4 is 11.3 Å². The topological polar surface area (TPSA) is 28.2 Å². The van der Waals surface area contributed by atoms with Gasteiger partial charge in [0.25, 0.3) is 0 Å². The average Bonchev–Trinajstić information content (AvgIpc) is 3.30. The lowest BCUT2D eigenvalue weighted by Gasteiger charge is -2.28. The van der Waals surface area contributed by atoms with Crippen LogP contribution < -0.4 is 5.32 Å². The van der Waals surface area contributed by atoms with Gasteiger partial charge in [-0.25, -0.2) is 4.98 Å². The van der Waals surface area contributed by atoms with Gasteiger partial charge in [-0.3, -0.25) is 4.90 Å². The largest absolute Gasteiger partial charge is 0.315 e. The van der Waals surface area contributed by atoms with Crippen LogP contribution in [0.5, 0.6) is 0 Å². The molecule has 3 fully saturated rings. The van der Waals surface area contributed by atoms with Crippen LogP contribution in [0.3, 0.4) is 0 Å². The first-order chi connectivity index (χ1) is 8.92. The molecule has 2 heterocycles. The van der Waals surface area contributed by atoms with Crippen molar-refractivity contribution in [2.75, 3.05) is 13.1 Å². The molecule has 1 unspecified atom stereocenters. The smallest absolute Gasteiger partial charge is 0.0798 e. The minimum absolute atomic E-state index is 0.770. The quantitative estimate of drug-likeness (QED) is 0.884. The minimum atomic E-state index is 0.770. The number of hydrogen-bond donors (Lipinski definition) is 1. The Kier molecular flexibility index (Phi) is 2.90. The van der Waals surface area contributed by atoms with Crippen molar-refractivity contribution in [1.29, 1.82) is 0 Å². The predicted octanol–water partition coefficient (Wildman–Crippen LogP) is 2.35. The summed E-state index contributed by atoms with van der Waals surface area (Å²) in [5, 5.41) is 3.51. The van der Waals surface area contributed by atoms with Crippen molar-refractivity contribution in [2.24, 2.45) is 0 Å². The summed E-state index contributed by atoms with van der Waals surface area (Å²) in [6.07, 6.45) is 6.88. The van der Waals surface area contributed by atoms with E-state index >= 15 is 0 Å². The molecule has 1 aromatic heterocycles. The van der Waals surface area contributed by atoms with Crippen LogP contribution in [0.4, 0.5) is 0 Å². The molecular formula is C14H21N3S. The van der Waals surface area contributed by atoms with Gasteiger partial charge in [-0.05, 0) is 38.6 Å². The third-order valence-corrected chi connectivity index (χ3v) is 5.32. The van der Waals surface area contributed by atoms with Gasteiger partial charge in [0.15, 0.2) is 0 Å². The summed E-state index contributed by atoms with van der Waals surface area (Å²) in [7, 11) is 0. The summed E-state index contributed by atoms with van der Waals surface area (Å²) >= 11 is 1.88. The Balaban J connectivity index is 1.51. The second kappa shape index (κ2) is 4.58. The van der Waals surface area contributed by atoms with E-state index in [9.17, 15) is 0 Å². The summed E-state index contributed by atoms with van der Waals surface area (Å²) in [4.78, 5) is 8.93. The number of hydrogen-bond acceptors (Lipinski definition) is 4.